The number of benzene rings is 3. The van der Waals surface area contributed by atoms with Gasteiger partial charge in [0.15, 0.2) is 11.5 Å². The standard InChI is InChI=1S/C25H21FN2O5/c1-31-20-12-7-15(13-21(20)32-2)14-22(29)28-23-18-5-3-4-6-19(18)33-24(23)25(30)27-17-10-8-16(26)9-11-17/h3-13H,14H2,1-2H3,(H,27,30)(H,28,29). The first-order valence-corrected chi connectivity index (χ1v) is 10.1. The second-order valence-electron chi connectivity index (χ2n) is 7.18. The van der Waals surface area contributed by atoms with Crippen molar-refractivity contribution in [1.29, 1.82) is 0 Å². The Morgan fingerprint density at radius 2 is 1.64 bits per heavy atom. The van der Waals surface area contributed by atoms with Crippen LogP contribution in [-0.2, 0) is 11.2 Å². The van der Waals surface area contributed by atoms with E-state index in [0.717, 1.165) is 0 Å². The highest BCUT2D eigenvalue weighted by molar-refractivity contribution is 6.14. The Kier molecular flexibility index (Phi) is 6.26. The van der Waals surface area contributed by atoms with Gasteiger partial charge < -0.3 is 24.5 Å². The first kappa shape index (κ1) is 21.9. The van der Waals surface area contributed by atoms with Gasteiger partial charge in [-0.25, -0.2) is 4.39 Å². The van der Waals surface area contributed by atoms with Crippen molar-refractivity contribution in [1.82, 2.24) is 0 Å². The first-order chi connectivity index (χ1) is 16.0. The second kappa shape index (κ2) is 9.44. The molecule has 4 rings (SSSR count). The minimum Gasteiger partial charge on any atom is -0.493 e. The lowest BCUT2D eigenvalue weighted by atomic mass is 10.1. The van der Waals surface area contributed by atoms with Crippen LogP contribution in [0, 0.1) is 5.82 Å². The van der Waals surface area contributed by atoms with Crippen LogP contribution in [0.2, 0.25) is 0 Å². The number of para-hydroxylation sites is 1. The van der Waals surface area contributed by atoms with Gasteiger partial charge in [0, 0.05) is 11.1 Å². The lowest BCUT2D eigenvalue weighted by Gasteiger charge is -2.10. The summed E-state index contributed by atoms with van der Waals surface area (Å²) in [5.74, 6) is -0.317. The molecule has 1 aromatic heterocycles. The number of rotatable bonds is 7. The number of fused-ring (bicyclic) bond motifs is 1. The van der Waals surface area contributed by atoms with Gasteiger partial charge in [-0.2, -0.15) is 0 Å². The average molecular weight is 448 g/mol. The molecule has 0 aliphatic rings. The zero-order valence-corrected chi connectivity index (χ0v) is 18.0. The van der Waals surface area contributed by atoms with Crippen LogP contribution in [0.3, 0.4) is 0 Å². The molecule has 0 radical (unpaired) electrons. The molecule has 0 aliphatic heterocycles. The van der Waals surface area contributed by atoms with Crippen LogP contribution in [0.1, 0.15) is 16.1 Å². The molecule has 0 fully saturated rings. The van der Waals surface area contributed by atoms with E-state index < -0.39 is 11.7 Å². The Bertz CT molecular complexity index is 1310. The molecule has 1 heterocycles. The van der Waals surface area contributed by atoms with E-state index in [2.05, 4.69) is 10.6 Å². The third kappa shape index (κ3) is 4.79. The third-order valence-corrected chi connectivity index (χ3v) is 4.98. The highest BCUT2D eigenvalue weighted by Crippen LogP contribution is 2.32. The molecule has 0 atom stereocenters. The van der Waals surface area contributed by atoms with Gasteiger partial charge >= 0.3 is 0 Å². The van der Waals surface area contributed by atoms with Gasteiger partial charge in [0.05, 0.1) is 20.6 Å². The highest BCUT2D eigenvalue weighted by atomic mass is 19.1. The maximum absolute atomic E-state index is 13.2. The summed E-state index contributed by atoms with van der Waals surface area (Å²) in [6.45, 7) is 0. The van der Waals surface area contributed by atoms with Crippen molar-refractivity contribution in [3.05, 3.63) is 83.9 Å². The van der Waals surface area contributed by atoms with Crippen LogP contribution in [0.4, 0.5) is 15.8 Å². The Hall–Kier alpha value is -4.33. The summed E-state index contributed by atoms with van der Waals surface area (Å²) in [5.41, 5.74) is 1.80. The van der Waals surface area contributed by atoms with Gasteiger partial charge in [0.25, 0.3) is 5.91 Å². The van der Waals surface area contributed by atoms with E-state index in [1.54, 1.807) is 42.5 Å². The summed E-state index contributed by atoms with van der Waals surface area (Å²) >= 11 is 0. The summed E-state index contributed by atoms with van der Waals surface area (Å²) in [6, 6.07) is 17.5. The largest absolute Gasteiger partial charge is 0.493 e. The summed E-state index contributed by atoms with van der Waals surface area (Å²) < 4.78 is 29.4. The summed E-state index contributed by atoms with van der Waals surface area (Å²) in [7, 11) is 3.05. The molecule has 3 aromatic carbocycles. The Balaban J connectivity index is 1.59. The van der Waals surface area contributed by atoms with E-state index in [1.165, 1.54) is 38.5 Å². The normalized spacial score (nSPS) is 10.6. The van der Waals surface area contributed by atoms with Crippen LogP contribution in [0.5, 0.6) is 11.5 Å². The SMILES string of the molecule is COc1ccc(CC(=O)Nc2c(C(=O)Nc3ccc(F)cc3)oc3ccccc23)cc1OC. The van der Waals surface area contributed by atoms with Crippen LogP contribution in [-0.4, -0.2) is 26.0 Å². The van der Waals surface area contributed by atoms with Gasteiger partial charge in [-0.15, -0.1) is 0 Å². The van der Waals surface area contributed by atoms with Gasteiger partial charge in [-0.3, -0.25) is 9.59 Å². The summed E-state index contributed by atoms with van der Waals surface area (Å²) in [4.78, 5) is 25.8. The Morgan fingerprint density at radius 1 is 0.909 bits per heavy atom. The van der Waals surface area contributed by atoms with E-state index in [1.807, 2.05) is 0 Å². The number of halogens is 1. The van der Waals surface area contributed by atoms with Crippen molar-refractivity contribution in [2.24, 2.45) is 0 Å². The molecular weight excluding hydrogens is 427 g/mol. The number of methoxy groups -OCH3 is 2. The van der Waals surface area contributed by atoms with Gasteiger partial charge in [-0.05, 0) is 54.1 Å². The maximum Gasteiger partial charge on any atom is 0.293 e. The molecule has 0 saturated heterocycles. The molecule has 0 aliphatic carbocycles. The number of hydrogen-bond donors (Lipinski definition) is 2. The number of amides is 2. The van der Waals surface area contributed by atoms with Gasteiger partial charge in [-0.1, -0.05) is 18.2 Å². The fourth-order valence-corrected chi connectivity index (χ4v) is 3.41. The molecule has 33 heavy (non-hydrogen) atoms. The second-order valence-corrected chi connectivity index (χ2v) is 7.18. The molecule has 2 amide bonds. The number of carbonyl (C=O) groups excluding carboxylic acids is 2. The van der Waals surface area contributed by atoms with E-state index in [-0.39, 0.29) is 23.8 Å². The topological polar surface area (TPSA) is 89.8 Å². The smallest absolute Gasteiger partial charge is 0.293 e. The summed E-state index contributed by atoms with van der Waals surface area (Å²) in [6.07, 6.45) is 0.0406. The van der Waals surface area contributed by atoms with Crippen molar-refractivity contribution in [3.8, 4) is 11.5 Å². The fourth-order valence-electron chi connectivity index (χ4n) is 3.41. The van der Waals surface area contributed by atoms with E-state index in [9.17, 15) is 14.0 Å². The van der Waals surface area contributed by atoms with Crippen LogP contribution in [0.25, 0.3) is 11.0 Å². The summed E-state index contributed by atoms with van der Waals surface area (Å²) in [5, 5.41) is 6.04. The van der Waals surface area contributed by atoms with Crippen molar-refractivity contribution in [2.45, 2.75) is 6.42 Å². The van der Waals surface area contributed by atoms with Crippen molar-refractivity contribution in [2.75, 3.05) is 24.9 Å². The number of anilines is 2. The van der Waals surface area contributed by atoms with Crippen molar-refractivity contribution >= 4 is 34.2 Å². The zero-order chi connectivity index (χ0) is 23.4. The van der Waals surface area contributed by atoms with Gasteiger partial charge in [0.2, 0.25) is 11.7 Å². The van der Waals surface area contributed by atoms with Crippen LogP contribution >= 0.6 is 0 Å². The van der Waals surface area contributed by atoms with E-state index in [4.69, 9.17) is 13.9 Å². The fraction of sp³-hybridized carbons (Fsp3) is 0.120. The maximum atomic E-state index is 13.2. The monoisotopic (exact) mass is 448 g/mol. The lowest BCUT2D eigenvalue weighted by molar-refractivity contribution is -0.115. The predicted molar refractivity (Wildman–Crippen MR) is 122 cm³/mol. The van der Waals surface area contributed by atoms with Crippen molar-refractivity contribution in [3.63, 3.8) is 0 Å². The number of carbonyl (C=O) groups is 2. The van der Waals surface area contributed by atoms with Crippen molar-refractivity contribution < 1.29 is 27.9 Å². The molecule has 8 heteroatoms. The Labute approximate surface area is 189 Å². The molecule has 7 nitrogen and oxygen atoms in total. The number of nitrogens with one attached hydrogen (secondary N) is 2. The quantitative estimate of drug-likeness (QED) is 0.414. The average Bonchev–Trinajstić information content (AvgIpc) is 3.19. The molecule has 168 valence electrons. The molecule has 2 N–H and O–H groups in total. The Morgan fingerprint density at radius 3 is 2.36 bits per heavy atom. The number of hydrogen-bond acceptors (Lipinski definition) is 5. The van der Waals surface area contributed by atoms with Gasteiger partial charge in [0.1, 0.15) is 17.1 Å². The zero-order valence-electron chi connectivity index (χ0n) is 18.0. The van der Waals surface area contributed by atoms with Crippen LogP contribution < -0.4 is 20.1 Å². The molecular formula is C25H21FN2O5. The molecule has 0 spiro atoms. The van der Waals surface area contributed by atoms with Crippen LogP contribution in [0.15, 0.2) is 71.1 Å². The minimum absolute atomic E-state index is 0.0406. The molecule has 0 bridgehead atoms. The van der Waals surface area contributed by atoms with E-state index in [0.29, 0.717) is 33.7 Å². The molecule has 0 saturated carbocycles. The lowest BCUT2D eigenvalue weighted by Crippen LogP contribution is -2.18. The molecule has 0 unspecified atom stereocenters. The van der Waals surface area contributed by atoms with E-state index >= 15 is 0 Å². The minimum atomic E-state index is -0.570. The third-order valence-electron chi connectivity index (χ3n) is 4.98. The number of ether oxygens (including phenoxy) is 2. The first-order valence-electron chi connectivity index (χ1n) is 10.1. The predicted octanol–water partition coefficient (Wildman–Crippen LogP) is 5.02. The molecule has 4 aromatic rings. The highest BCUT2D eigenvalue weighted by Gasteiger charge is 2.22. The number of furan rings is 1.